The third-order valence-electron chi connectivity index (χ3n) is 1.18. The van der Waals surface area contributed by atoms with Crippen molar-refractivity contribution >= 4 is 10.4 Å². The molecule has 0 bridgehead atoms. The number of hydrogen-bond donors (Lipinski definition) is 0. The van der Waals surface area contributed by atoms with Gasteiger partial charge in [-0.2, -0.15) is 0 Å². The molecule has 0 radical (unpaired) electrons. The van der Waals surface area contributed by atoms with Gasteiger partial charge in [0.15, 0.2) is 0 Å². The first-order valence-electron chi connectivity index (χ1n) is 2.61. The average molecular weight is 158 g/mol. The summed E-state index contributed by atoms with van der Waals surface area (Å²) < 4.78 is 2.28. The summed E-state index contributed by atoms with van der Waals surface area (Å²) in [5, 5.41) is 0. The maximum atomic E-state index is 2.28. The van der Waals surface area contributed by atoms with Crippen molar-refractivity contribution in [2.24, 2.45) is 0 Å². The second kappa shape index (κ2) is 2.67. The Morgan fingerprint density at radius 3 is 2.75 bits per heavy atom. The Balaban J connectivity index is 2.51. The van der Waals surface area contributed by atoms with E-state index in [1.54, 1.807) is 0 Å². The van der Waals surface area contributed by atoms with Crippen LogP contribution in [0.2, 0.25) is 0 Å². The van der Waals surface area contributed by atoms with Crippen molar-refractivity contribution < 1.29 is 20.7 Å². The first kappa shape index (κ1) is 6.33. The van der Waals surface area contributed by atoms with E-state index in [4.69, 9.17) is 0 Å². The molecule has 0 N–H and O–H groups in total. The molecule has 0 saturated carbocycles. The molecule has 0 unspecified atom stereocenters. The minimum atomic E-state index is 1.14. The van der Waals surface area contributed by atoms with Crippen LogP contribution in [0.15, 0.2) is 23.9 Å². The van der Waals surface area contributed by atoms with Gasteiger partial charge in [-0.25, -0.2) is 0 Å². The van der Waals surface area contributed by atoms with Gasteiger partial charge in [-0.3, -0.25) is 0 Å². The molecule has 8 heavy (non-hydrogen) atoms. The second-order valence-electron chi connectivity index (χ2n) is 1.85. The van der Waals surface area contributed by atoms with Crippen molar-refractivity contribution in [2.75, 3.05) is 0 Å². The van der Waals surface area contributed by atoms with Crippen molar-refractivity contribution in [3.05, 3.63) is 23.9 Å². The van der Waals surface area contributed by atoms with Crippen LogP contribution in [0.1, 0.15) is 6.42 Å². The monoisotopic (exact) mass is 158 g/mol. The van der Waals surface area contributed by atoms with Gasteiger partial charge in [0.2, 0.25) is 0 Å². The fraction of sp³-hybridized carbons (Fsp3) is 0.200. The molecule has 41 valence electrons. The third kappa shape index (κ3) is 1.34. The van der Waals surface area contributed by atoms with Crippen molar-refractivity contribution in [3.8, 4) is 0 Å². The summed E-state index contributed by atoms with van der Waals surface area (Å²) in [6.45, 7) is 0. The molecule has 1 nitrogen and oxygen atoms in total. The SMILES string of the molecule is [SiH3][N]([Ti])C1=CC=CC1. The predicted octanol–water partition coefficient (Wildman–Crippen LogP) is -0.126. The Morgan fingerprint density at radius 1 is 1.75 bits per heavy atom. The van der Waals surface area contributed by atoms with Gasteiger partial charge >= 0.3 is 64.5 Å². The molecule has 1 rings (SSSR count). The van der Waals surface area contributed by atoms with Crippen molar-refractivity contribution in [3.63, 3.8) is 0 Å². The number of nitrogens with zero attached hydrogens (tertiary/aromatic N) is 1. The molecule has 0 aromatic heterocycles. The molecule has 0 atom stereocenters. The summed E-state index contributed by atoms with van der Waals surface area (Å²) in [6, 6.07) is 0. The first-order chi connectivity index (χ1) is 3.80. The standard InChI is InChI=1S/C5H8NSi.Ti/c7-6-5-3-1-2-4-5;/h1-3H,4H2,7H3;/q-1;+1. The molecule has 0 aromatic rings. The Labute approximate surface area is 64.7 Å². The van der Waals surface area contributed by atoms with Crippen LogP contribution in [-0.4, -0.2) is 13.5 Å². The predicted molar refractivity (Wildman–Crippen MR) is 33.6 cm³/mol. The molecule has 0 amide bonds. The Hall–Kier alpha value is 0.211. The van der Waals surface area contributed by atoms with Gasteiger partial charge in [0.05, 0.1) is 0 Å². The van der Waals surface area contributed by atoms with Crippen LogP contribution >= 0.6 is 0 Å². The van der Waals surface area contributed by atoms with E-state index in [1.807, 2.05) is 0 Å². The molecule has 1 aliphatic carbocycles. The zero-order chi connectivity index (χ0) is 5.98. The van der Waals surface area contributed by atoms with Gasteiger partial charge in [0.25, 0.3) is 0 Å². The van der Waals surface area contributed by atoms with Gasteiger partial charge in [0.1, 0.15) is 0 Å². The van der Waals surface area contributed by atoms with Gasteiger partial charge in [-0.1, -0.05) is 0 Å². The second-order valence-corrected chi connectivity index (χ2v) is 5.19. The van der Waals surface area contributed by atoms with Crippen LogP contribution < -0.4 is 0 Å². The minimum absolute atomic E-state index is 1.14. The van der Waals surface area contributed by atoms with E-state index in [0.717, 1.165) is 16.8 Å². The topological polar surface area (TPSA) is 3.24 Å². The average Bonchev–Trinajstić information content (AvgIpc) is 2.12. The molecule has 0 aromatic carbocycles. The van der Waals surface area contributed by atoms with Crippen LogP contribution in [0.4, 0.5) is 0 Å². The van der Waals surface area contributed by atoms with E-state index >= 15 is 0 Å². The van der Waals surface area contributed by atoms with Crippen molar-refractivity contribution in [1.82, 2.24) is 3.05 Å². The molecule has 0 fully saturated rings. The van der Waals surface area contributed by atoms with Gasteiger partial charge in [-0.05, 0) is 0 Å². The molecule has 3 heteroatoms. The van der Waals surface area contributed by atoms with E-state index in [1.165, 1.54) is 5.70 Å². The van der Waals surface area contributed by atoms with Crippen LogP contribution in [-0.2, 0) is 20.7 Å². The van der Waals surface area contributed by atoms with Crippen molar-refractivity contribution in [2.45, 2.75) is 6.42 Å². The Bertz CT molecular complexity index is 139. The van der Waals surface area contributed by atoms with Gasteiger partial charge in [0, 0.05) is 0 Å². The van der Waals surface area contributed by atoms with E-state index in [-0.39, 0.29) is 0 Å². The molecule has 1 aliphatic rings. The van der Waals surface area contributed by atoms with Gasteiger partial charge in [-0.15, -0.1) is 0 Å². The molecule has 0 aliphatic heterocycles. The molecule has 0 spiro atoms. The van der Waals surface area contributed by atoms with E-state index in [0.29, 0.717) is 0 Å². The summed E-state index contributed by atoms with van der Waals surface area (Å²) in [6.07, 6.45) is 7.61. The Kier molecular flexibility index (Phi) is 2.11. The molecular weight excluding hydrogens is 150 g/mol. The quantitative estimate of drug-likeness (QED) is 0.480. The summed E-state index contributed by atoms with van der Waals surface area (Å²) in [5.41, 5.74) is 1.46. The fourth-order valence-electron chi connectivity index (χ4n) is 0.685. The van der Waals surface area contributed by atoms with E-state index in [9.17, 15) is 0 Å². The number of allylic oxidation sites excluding steroid dienone is 3. The van der Waals surface area contributed by atoms with E-state index < -0.39 is 0 Å². The number of hydrogen-bond acceptors (Lipinski definition) is 1. The Morgan fingerprint density at radius 2 is 2.50 bits per heavy atom. The van der Waals surface area contributed by atoms with Crippen LogP contribution in [0, 0.1) is 0 Å². The molecule has 0 saturated heterocycles. The molecular formula is C5H8NSiTi. The first-order valence-corrected chi connectivity index (χ1v) is 4.20. The summed E-state index contributed by atoms with van der Waals surface area (Å²) >= 11 is 2.13. The fourth-order valence-corrected chi connectivity index (χ4v) is 1.28. The van der Waals surface area contributed by atoms with E-state index in [2.05, 4.69) is 42.0 Å². The van der Waals surface area contributed by atoms with Crippen molar-refractivity contribution in [1.29, 1.82) is 0 Å². The maximum absolute atomic E-state index is 2.28. The third-order valence-corrected chi connectivity index (χ3v) is 2.21. The zero-order valence-electron chi connectivity index (χ0n) is 4.89. The van der Waals surface area contributed by atoms with Gasteiger partial charge < -0.3 is 0 Å². The summed E-state index contributed by atoms with van der Waals surface area (Å²) in [7, 11) is 1.14. The number of rotatable bonds is 1. The van der Waals surface area contributed by atoms with Crippen LogP contribution in [0.5, 0.6) is 0 Å². The van der Waals surface area contributed by atoms with Crippen LogP contribution in [0.25, 0.3) is 0 Å². The summed E-state index contributed by atoms with van der Waals surface area (Å²) in [4.78, 5) is 0. The summed E-state index contributed by atoms with van der Waals surface area (Å²) in [5.74, 6) is 0. The normalized spacial score (nSPS) is 16.6. The molecule has 0 heterocycles. The van der Waals surface area contributed by atoms with Crippen LogP contribution in [0.3, 0.4) is 0 Å². The zero-order valence-corrected chi connectivity index (χ0v) is 8.45.